The average molecular weight is 271 g/mol. The fourth-order valence-corrected chi connectivity index (χ4v) is 1.90. The van der Waals surface area contributed by atoms with Crippen LogP contribution in [0.2, 0.25) is 0 Å². The van der Waals surface area contributed by atoms with Crippen molar-refractivity contribution < 1.29 is 14.6 Å². The minimum Gasteiger partial charge on any atom is -0.508 e. The number of hydrogen-bond donors (Lipinski definition) is 2. The molecule has 0 aliphatic carbocycles. The molecule has 0 heterocycles. The van der Waals surface area contributed by atoms with Crippen LogP contribution in [0.25, 0.3) is 0 Å². The molecule has 0 saturated carbocycles. The van der Waals surface area contributed by atoms with Crippen LogP contribution in [0.4, 0.5) is 0 Å². The van der Waals surface area contributed by atoms with Crippen molar-refractivity contribution >= 4 is 5.91 Å². The topological polar surface area (TPSA) is 58.6 Å². The lowest BCUT2D eigenvalue weighted by molar-refractivity contribution is 0.0950. The number of benzene rings is 2. The molecular formula is C16H17NO3. The van der Waals surface area contributed by atoms with Gasteiger partial charge in [-0.25, -0.2) is 0 Å². The van der Waals surface area contributed by atoms with Crippen molar-refractivity contribution in [1.82, 2.24) is 5.32 Å². The third-order valence-electron chi connectivity index (χ3n) is 3.10. The summed E-state index contributed by atoms with van der Waals surface area (Å²) in [4.78, 5) is 12.1. The van der Waals surface area contributed by atoms with Crippen molar-refractivity contribution in [3.63, 3.8) is 0 Å². The molecule has 2 rings (SSSR count). The van der Waals surface area contributed by atoms with Crippen LogP contribution >= 0.6 is 0 Å². The molecule has 20 heavy (non-hydrogen) atoms. The summed E-state index contributed by atoms with van der Waals surface area (Å²) in [5, 5.41) is 12.4. The Hall–Kier alpha value is -2.49. The number of methoxy groups -OCH3 is 1. The number of ether oxygens (including phenoxy) is 1. The molecule has 0 bridgehead atoms. The molecule has 4 heteroatoms. The van der Waals surface area contributed by atoms with Crippen LogP contribution in [0.5, 0.6) is 11.5 Å². The zero-order chi connectivity index (χ0) is 14.5. The van der Waals surface area contributed by atoms with Crippen molar-refractivity contribution in [1.29, 1.82) is 0 Å². The van der Waals surface area contributed by atoms with Gasteiger partial charge in [-0.15, -0.1) is 0 Å². The molecule has 0 aliphatic rings. The summed E-state index contributed by atoms with van der Waals surface area (Å²) in [5.74, 6) is 0.654. The van der Waals surface area contributed by atoms with E-state index < -0.39 is 0 Å². The summed E-state index contributed by atoms with van der Waals surface area (Å²) in [6.07, 6.45) is 0. The van der Waals surface area contributed by atoms with E-state index in [2.05, 4.69) is 5.32 Å². The second-order valence-electron chi connectivity index (χ2n) is 4.50. The van der Waals surface area contributed by atoms with Gasteiger partial charge in [0, 0.05) is 17.7 Å². The lowest BCUT2D eigenvalue weighted by atomic mass is 10.1. The second-order valence-corrected chi connectivity index (χ2v) is 4.50. The van der Waals surface area contributed by atoms with Gasteiger partial charge in [0.25, 0.3) is 5.91 Å². The number of hydrogen-bond acceptors (Lipinski definition) is 3. The zero-order valence-corrected chi connectivity index (χ0v) is 11.5. The summed E-state index contributed by atoms with van der Waals surface area (Å²) in [6.45, 7) is 2.20. The van der Waals surface area contributed by atoms with Gasteiger partial charge >= 0.3 is 0 Å². The minimum absolute atomic E-state index is 0.175. The predicted molar refractivity (Wildman–Crippen MR) is 77.0 cm³/mol. The number of carbonyl (C=O) groups excluding carboxylic acids is 1. The van der Waals surface area contributed by atoms with Crippen molar-refractivity contribution in [2.24, 2.45) is 0 Å². The molecule has 2 N–H and O–H groups in total. The fourth-order valence-electron chi connectivity index (χ4n) is 1.90. The Balaban J connectivity index is 2.07. The molecular weight excluding hydrogens is 254 g/mol. The van der Waals surface area contributed by atoms with Crippen molar-refractivity contribution in [3.8, 4) is 11.5 Å². The van der Waals surface area contributed by atoms with Crippen LogP contribution in [-0.2, 0) is 6.54 Å². The number of phenolic OH excluding ortho intramolecular Hbond substituents is 1. The molecule has 2 aromatic rings. The Kier molecular flexibility index (Phi) is 4.25. The number of rotatable bonds is 4. The quantitative estimate of drug-likeness (QED) is 0.898. The van der Waals surface area contributed by atoms with E-state index in [4.69, 9.17) is 4.74 Å². The van der Waals surface area contributed by atoms with Gasteiger partial charge in [-0.1, -0.05) is 24.3 Å². The first-order valence-corrected chi connectivity index (χ1v) is 6.31. The van der Waals surface area contributed by atoms with Crippen LogP contribution in [0, 0.1) is 6.92 Å². The number of nitrogens with one attached hydrogen (secondary N) is 1. The zero-order valence-electron chi connectivity index (χ0n) is 11.5. The standard InChI is InChI=1S/C16H17NO3/c1-11-7-8-12(9-15(11)20-2)16(19)17-10-13-5-3-4-6-14(13)18/h3-9,18H,10H2,1-2H3,(H,17,19). The molecule has 2 aromatic carbocycles. The van der Waals surface area contributed by atoms with Crippen molar-refractivity contribution in [3.05, 3.63) is 59.2 Å². The molecule has 1 amide bonds. The highest BCUT2D eigenvalue weighted by molar-refractivity contribution is 5.94. The highest BCUT2D eigenvalue weighted by Crippen LogP contribution is 2.19. The van der Waals surface area contributed by atoms with E-state index in [1.807, 2.05) is 19.1 Å². The Morgan fingerprint density at radius 1 is 1.25 bits per heavy atom. The first-order valence-electron chi connectivity index (χ1n) is 6.31. The molecule has 0 unspecified atom stereocenters. The molecule has 104 valence electrons. The number of aryl methyl sites for hydroxylation is 1. The molecule has 0 spiro atoms. The maximum absolute atomic E-state index is 12.1. The van der Waals surface area contributed by atoms with E-state index in [0.29, 0.717) is 16.9 Å². The number of phenols is 1. The molecule has 0 fully saturated rings. The lowest BCUT2D eigenvalue weighted by Gasteiger charge is -2.09. The van der Waals surface area contributed by atoms with E-state index in [9.17, 15) is 9.90 Å². The van der Waals surface area contributed by atoms with E-state index >= 15 is 0 Å². The molecule has 0 atom stereocenters. The molecule has 0 radical (unpaired) electrons. The van der Waals surface area contributed by atoms with Gasteiger partial charge in [-0.05, 0) is 30.7 Å². The largest absolute Gasteiger partial charge is 0.508 e. The SMILES string of the molecule is COc1cc(C(=O)NCc2ccccc2O)ccc1C. The summed E-state index contributed by atoms with van der Waals surface area (Å²) in [7, 11) is 1.58. The van der Waals surface area contributed by atoms with Gasteiger partial charge in [0.1, 0.15) is 11.5 Å². The number of carbonyl (C=O) groups is 1. The van der Waals surface area contributed by atoms with Crippen LogP contribution < -0.4 is 10.1 Å². The molecule has 0 saturated heterocycles. The molecule has 0 aromatic heterocycles. The summed E-state index contributed by atoms with van der Waals surface area (Å²) in [6, 6.07) is 12.2. The predicted octanol–water partition coefficient (Wildman–Crippen LogP) is 2.64. The third-order valence-corrected chi connectivity index (χ3v) is 3.10. The maximum Gasteiger partial charge on any atom is 0.251 e. The Bertz CT molecular complexity index is 623. The van der Waals surface area contributed by atoms with E-state index in [-0.39, 0.29) is 18.2 Å². The fraction of sp³-hybridized carbons (Fsp3) is 0.188. The van der Waals surface area contributed by atoms with E-state index in [1.165, 1.54) is 0 Å². The van der Waals surface area contributed by atoms with Crippen molar-refractivity contribution in [2.45, 2.75) is 13.5 Å². The van der Waals surface area contributed by atoms with Crippen LogP contribution in [0.3, 0.4) is 0 Å². The normalized spacial score (nSPS) is 10.1. The van der Waals surface area contributed by atoms with E-state index in [0.717, 1.165) is 5.56 Å². The number of para-hydroxylation sites is 1. The maximum atomic E-state index is 12.1. The summed E-state index contributed by atoms with van der Waals surface area (Å²) in [5.41, 5.74) is 2.19. The van der Waals surface area contributed by atoms with Crippen molar-refractivity contribution in [2.75, 3.05) is 7.11 Å². The smallest absolute Gasteiger partial charge is 0.251 e. The van der Waals surface area contributed by atoms with Gasteiger partial charge in [0.05, 0.1) is 7.11 Å². The Labute approximate surface area is 118 Å². The van der Waals surface area contributed by atoms with Gasteiger partial charge in [0.15, 0.2) is 0 Å². The minimum atomic E-state index is -0.202. The van der Waals surface area contributed by atoms with Gasteiger partial charge in [-0.3, -0.25) is 4.79 Å². The van der Waals surface area contributed by atoms with Gasteiger partial charge in [-0.2, -0.15) is 0 Å². The van der Waals surface area contributed by atoms with Crippen LogP contribution in [0.1, 0.15) is 21.5 Å². The third kappa shape index (κ3) is 3.09. The van der Waals surface area contributed by atoms with Crippen LogP contribution in [-0.4, -0.2) is 18.1 Å². The first kappa shape index (κ1) is 13.9. The first-order chi connectivity index (χ1) is 9.61. The van der Waals surface area contributed by atoms with Gasteiger partial charge in [0.2, 0.25) is 0 Å². The summed E-state index contributed by atoms with van der Waals surface area (Å²) < 4.78 is 5.20. The second kappa shape index (κ2) is 6.10. The van der Waals surface area contributed by atoms with Crippen LogP contribution in [0.15, 0.2) is 42.5 Å². The van der Waals surface area contributed by atoms with Gasteiger partial charge < -0.3 is 15.2 Å². The monoisotopic (exact) mass is 271 g/mol. The lowest BCUT2D eigenvalue weighted by Crippen LogP contribution is -2.22. The Morgan fingerprint density at radius 3 is 2.70 bits per heavy atom. The number of aromatic hydroxyl groups is 1. The molecule has 0 aliphatic heterocycles. The number of amides is 1. The van der Waals surface area contributed by atoms with E-state index in [1.54, 1.807) is 37.4 Å². The average Bonchev–Trinajstić information content (AvgIpc) is 2.46. The Morgan fingerprint density at radius 2 is 2.00 bits per heavy atom. The summed E-state index contributed by atoms with van der Waals surface area (Å²) >= 11 is 0. The molecule has 4 nitrogen and oxygen atoms in total. The highest BCUT2D eigenvalue weighted by Gasteiger charge is 2.09. The highest BCUT2D eigenvalue weighted by atomic mass is 16.5.